The van der Waals surface area contributed by atoms with Crippen LogP contribution in [0.2, 0.25) is 0 Å². The number of aryl methyl sites for hydroxylation is 1. The number of carbonyl (C=O) groups excluding carboxylic acids is 1. The average Bonchev–Trinajstić information content (AvgIpc) is 2.79. The first-order chi connectivity index (χ1) is 10.9. The highest BCUT2D eigenvalue weighted by Gasteiger charge is 2.45. The Hall–Kier alpha value is -1.57. The van der Waals surface area contributed by atoms with Gasteiger partial charge in [0.2, 0.25) is 0 Å². The van der Waals surface area contributed by atoms with E-state index in [1.807, 2.05) is 20.8 Å². The molecule has 136 valence electrons. The van der Waals surface area contributed by atoms with E-state index in [1.165, 1.54) is 16.6 Å². The van der Waals surface area contributed by atoms with Crippen LogP contribution in [0.1, 0.15) is 49.8 Å². The fraction of sp³-hybridized carbons (Fsp3) is 0.750. The van der Waals surface area contributed by atoms with Crippen LogP contribution in [0.4, 0.5) is 13.2 Å². The number of nitrogens with one attached hydrogen (secondary N) is 1. The van der Waals surface area contributed by atoms with Gasteiger partial charge in [0.05, 0.1) is 5.69 Å². The first-order valence-corrected chi connectivity index (χ1v) is 8.02. The maximum Gasteiger partial charge on any atom is 0.404 e. The molecule has 1 amide bonds. The topological polar surface area (TPSA) is 50.2 Å². The van der Waals surface area contributed by atoms with Crippen molar-refractivity contribution in [2.75, 3.05) is 13.6 Å². The minimum Gasteiger partial charge on any atom is -0.347 e. The van der Waals surface area contributed by atoms with Crippen LogP contribution >= 0.6 is 0 Å². The van der Waals surface area contributed by atoms with Crippen LogP contribution in [0, 0.1) is 0 Å². The predicted octanol–water partition coefficient (Wildman–Crippen LogP) is 2.47. The molecule has 0 aromatic carbocycles. The molecule has 0 radical (unpaired) electrons. The summed E-state index contributed by atoms with van der Waals surface area (Å²) in [5.74, 6) is -0.302. The van der Waals surface area contributed by atoms with Crippen LogP contribution in [0.3, 0.4) is 0 Å². The minimum absolute atomic E-state index is 0.0103. The van der Waals surface area contributed by atoms with Gasteiger partial charge in [0.15, 0.2) is 0 Å². The number of carbonyl (C=O) groups is 1. The van der Waals surface area contributed by atoms with Crippen molar-refractivity contribution in [2.45, 2.75) is 57.3 Å². The molecule has 2 atom stereocenters. The fourth-order valence-electron chi connectivity index (χ4n) is 2.98. The fourth-order valence-corrected chi connectivity index (χ4v) is 2.98. The van der Waals surface area contributed by atoms with Crippen molar-refractivity contribution in [2.24, 2.45) is 7.05 Å². The summed E-state index contributed by atoms with van der Waals surface area (Å²) in [6.07, 6.45) is -3.93. The first-order valence-electron chi connectivity index (χ1n) is 8.02. The lowest BCUT2D eigenvalue weighted by atomic mass is 9.92. The largest absolute Gasteiger partial charge is 0.404 e. The SMILES string of the molecule is CN1C[C@@H](NC(=O)c2cc(C(C)(C)C)nn2C)CC[C@H]1C(F)(F)F. The highest BCUT2D eigenvalue weighted by molar-refractivity contribution is 5.92. The molecule has 1 fully saturated rings. The van der Waals surface area contributed by atoms with Crippen molar-refractivity contribution >= 4 is 5.91 Å². The standard InChI is InChI=1S/C16H25F3N4O/c1-15(2,3)12-8-11(23(5)21-12)14(24)20-10-6-7-13(16(17,18)19)22(4)9-10/h8,10,13H,6-7,9H2,1-5H3,(H,20,24)/t10-,13-/m0/s1. The number of alkyl halides is 3. The lowest BCUT2D eigenvalue weighted by Crippen LogP contribution is -2.54. The Labute approximate surface area is 140 Å². The quantitative estimate of drug-likeness (QED) is 0.895. The Morgan fingerprint density at radius 3 is 2.33 bits per heavy atom. The third kappa shape index (κ3) is 4.09. The van der Waals surface area contributed by atoms with Gasteiger partial charge in [-0.15, -0.1) is 0 Å². The summed E-state index contributed by atoms with van der Waals surface area (Å²) in [7, 11) is 3.13. The first kappa shape index (κ1) is 18.8. The van der Waals surface area contributed by atoms with E-state index in [9.17, 15) is 18.0 Å². The molecular formula is C16H25F3N4O. The number of hydrogen-bond donors (Lipinski definition) is 1. The molecule has 0 saturated carbocycles. The smallest absolute Gasteiger partial charge is 0.347 e. The molecule has 2 heterocycles. The summed E-state index contributed by atoms with van der Waals surface area (Å²) in [5, 5.41) is 7.19. The zero-order valence-electron chi connectivity index (χ0n) is 14.7. The van der Waals surface area contributed by atoms with Gasteiger partial charge in [-0.1, -0.05) is 20.8 Å². The number of halogens is 3. The van der Waals surface area contributed by atoms with Gasteiger partial charge >= 0.3 is 6.18 Å². The van der Waals surface area contributed by atoms with Gasteiger partial charge in [0, 0.05) is 25.0 Å². The van der Waals surface area contributed by atoms with Crippen molar-refractivity contribution in [3.05, 3.63) is 17.5 Å². The molecule has 0 bridgehead atoms. The second kappa shape index (κ2) is 6.38. The van der Waals surface area contributed by atoms with Gasteiger partial charge in [-0.2, -0.15) is 18.3 Å². The number of nitrogens with zero attached hydrogens (tertiary/aromatic N) is 3. The van der Waals surface area contributed by atoms with Gasteiger partial charge in [-0.05, 0) is 26.0 Å². The molecule has 24 heavy (non-hydrogen) atoms. The number of likely N-dealkylation sites (tertiary alicyclic amines) is 1. The molecule has 0 spiro atoms. The number of amides is 1. The molecular weight excluding hydrogens is 321 g/mol. The Morgan fingerprint density at radius 2 is 1.88 bits per heavy atom. The molecule has 1 N–H and O–H groups in total. The summed E-state index contributed by atoms with van der Waals surface area (Å²) >= 11 is 0. The number of hydrogen-bond acceptors (Lipinski definition) is 3. The molecule has 8 heteroatoms. The van der Waals surface area contributed by atoms with Crippen LogP contribution in [-0.2, 0) is 12.5 Å². The molecule has 1 saturated heterocycles. The van der Waals surface area contributed by atoms with Crippen molar-refractivity contribution in [1.82, 2.24) is 20.0 Å². The monoisotopic (exact) mass is 346 g/mol. The number of likely N-dealkylation sites (N-methyl/N-ethyl adjacent to an activating group) is 1. The average molecular weight is 346 g/mol. The summed E-state index contributed by atoms with van der Waals surface area (Å²) in [6, 6.07) is 0.00403. The maximum absolute atomic E-state index is 12.9. The molecule has 5 nitrogen and oxygen atoms in total. The zero-order valence-corrected chi connectivity index (χ0v) is 14.7. The van der Waals surface area contributed by atoms with E-state index in [2.05, 4.69) is 10.4 Å². The molecule has 1 aliphatic rings. The van der Waals surface area contributed by atoms with Crippen molar-refractivity contribution in [1.29, 1.82) is 0 Å². The summed E-state index contributed by atoms with van der Waals surface area (Å²) in [5.41, 5.74) is 1.04. The highest BCUT2D eigenvalue weighted by Crippen LogP contribution is 2.31. The van der Waals surface area contributed by atoms with E-state index in [-0.39, 0.29) is 30.3 Å². The number of rotatable bonds is 2. The van der Waals surface area contributed by atoms with Crippen LogP contribution in [-0.4, -0.2) is 52.4 Å². The summed E-state index contributed by atoms with van der Waals surface area (Å²) in [4.78, 5) is 13.7. The molecule has 1 aromatic rings. The van der Waals surface area contributed by atoms with E-state index in [0.717, 1.165) is 5.69 Å². The van der Waals surface area contributed by atoms with Gasteiger partial charge in [-0.3, -0.25) is 14.4 Å². The lowest BCUT2D eigenvalue weighted by molar-refractivity contribution is -0.188. The normalized spacial score (nSPS) is 23.3. The van der Waals surface area contributed by atoms with E-state index in [1.54, 1.807) is 13.1 Å². The second-order valence-electron chi connectivity index (χ2n) is 7.53. The lowest BCUT2D eigenvalue weighted by Gasteiger charge is -2.38. The molecule has 2 rings (SSSR count). The Morgan fingerprint density at radius 1 is 1.25 bits per heavy atom. The van der Waals surface area contributed by atoms with Crippen LogP contribution in [0.25, 0.3) is 0 Å². The number of piperidine rings is 1. The van der Waals surface area contributed by atoms with Gasteiger partial charge in [-0.25, -0.2) is 0 Å². The third-order valence-electron chi connectivity index (χ3n) is 4.42. The van der Waals surface area contributed by atoms with E-state index < -0.39 is 12.2 Å². The van der Waals surface area contributed by atoms with Crippen LogP contribution in [0.15, 0.2) is 6.07 Å². The maximum atomic E-state index is 12.9. The molecule has 0 unspecified atom stereocenters. The van der Waals surface area contributed by atoms with E-state index in [0.29, 0.717) is 12.1 Å². The number of aromatic nitrogens is 2. The Bertz CT molecular complexity index is 603. The van der Waals surface area contributed by atoms with E-state index >= 15 is 0 Å². The molecule has 0 aliphatic carbocycles. The van der Waals surface area contributed by atoms with Crippen LogP contribution < -0.4 is 5.32 Å². The highest BCUT2D eigenvalue weighted by atomic mass is 19.4. The third-order valence-corrected chi connectivity index (χ3v) is 4.42. The predicted molar refractivity (Wildman–Crippen MR) is 84.9 cm³/mol. The van der Waals surface area contributed by atoms with Crippen molar-refractivity contribution in [3.8, 4) is 0 Å². The van der Waals surface area contributed by atoms with Gasteiger partial charge in [0.25, 0.3) is 5.91 Å². The van der Waals surface area contributed by atoms with Crippen LogP contribution in [0.5, 0.6) is 0 Å². The molecule has 1 aliphatic heterocycles. The summed E-state index contributed by atoms with van der Waals surface area (Å²) < 4.78 is 40.1. The Balaban J connectivity index is 2.03. The molecule has 1 aromatic heterocycles. The summed E-state index contributed by atoms with van der Waals surface area (Å²) in [6.45, 7) is 6.19. The van der Waals surface area contributed by atoms with Gasteiger partial charge in [0.1, 0.15) is 11.7 Å². The van der Waals surface area contributed by atoms with E-state index in [4.69, 9.17) is 0 Å². The van der Waals surface area contributed by atoms with Gasteiger partial charge < -0.3 is 5.32 Å². The van der Waals surface area contributed by atoms with Crippen molar-refractivity contribution < 1.29 is 18.0 Å². The second-order valence-corrected chi connectivity index (χ2v) is 7.53. The zero-order chi connectivity index (χ0) is 18.3. The van der Waals surface area contributed by atoms with Crippen molar-refractivity contribution in [3.63, 3.8) is 0 Å². The minimum atomic E-state index is -4.23. The Kier molecular flexibility index (Phi) is 4.99.